The predicted octanol–water partition coefficient (Wildman–Crippen LogP) is 2.69. The molecular weight excluding hydrogens is 238 g/mol. The number of hydroxylamine groups is 2. The third-order valence-electron chi connectivity index (χ3n) is 3.20. The van der Waals surface area contributed by atoms with E-state index in [1.54, 1.807) is 5.06 Å². The van der Waals surface area contributed by atoms with Gasteiger partial charge in [0.15, 0.2) is 0 Å². The van der Waals surface area contributed by atoms with Gasteiger partial charge in [-0.25, -0.2) is 0 Å². The summed E-state index contributed by atoms with van der Waals surface area (Å²) in [6.07, 6.45) is 0.491. The first-order chi connectivity index (χ1) is 9.34. The molecule has 1 saturated heterocycles. The standard InChI is InChI=1S/C16H15NO2/c18-15(14-9-5-2-6-10-14)16-17(19-16)12-11-13-7-3-1-4-8-13/h1-10,16H,11-12H2. The number of carbonyl (C=O) groups is 1. The third kappa shape index (κ3) is 2.89. The molecule has 0 saturated carbocycles. The molecule has 3 nitrogen and oxygen atoms in total. The maximum atomic E-state index is 12.1. The van der Waals surface area contributed by atoms with Crippen molar-refractivity contribution in [2.45, 2.75) is 12.6 Å². The molecule has 0 radical (unpaired) electrons. The lowest BCUT2D eigenvalue weighted by Crippen LogP contribution is -2.15. The van der Waals surface area contributed by atoms with E-state index in [1.165, 1.54) is 5.56 Å². The summed E-state index contributed by atoms with van der Waals surface area (Å²) in [6.45, 7) is 0.743. The fourth-order valence-electron chi connectivity index (χ4n) is 2.08. The number of nitrogens with zero attached hydrogens (tertiary/aromatic N) is 1. The molecule has 0 N–H and O–H groups in total. The Bertz CT molecular complexity index is 553. The molecule has 1 aliphatic heterocycles. The first-order valence-corrected chi connectivity index (χ1v) is 6.41. The molecule has 1 heterocycles. The maximum Gasteiger partial charge on any atom is 0.217 e. The lowest BCUT2D eigenvalue weighted by molar-refractivity contribution is 0.0953. The fraction of sp³-hybridized carbons (Fsp3) is 0.188. The van der Waals surface area contributed by atoms with Crippen LogP contribution in [0.4, 0.5) is 0 Å². The van der Waals surface area contributed by atoms with Crippen LogP contribution in [-0.4, -0.2) is 23.6 Å². The smallest absolute Gasteiger partial charge is 0.217 e. The van der Waals surface area contributed by atoms with E-state index in [0.29, 0.717) is 5.56 Å². The molecular formula is C16H15NO2. The quantitative estimate of drug-likeness (QED) is 0.606. The molecule has 2 atom stereocenters. The summed E-state index contributed by atoms with van der Waals surface area (Å²) in [6, 6.07) is 19.5. The van der Waals surface area contributed by atoms with Crippen LogP contribution in [-0.2, 0) is 11.3 Å². The molecule has 2 unspecified atom stereocenters. The van der Waals surface area contributed by atoms with Crippen molar-refractivity contribution >= 4 is 5.78 Å². The van der Waals surface area contributed by atoms with Gasteiger partial charge in [-0.1, -0.05) is 60.7 Å². The Balaban J connectivity index is 1.53. The zero-order valence-corrected chi connectivity index (χ0v) is 10.5. The van der Waals surface area contributed by atoms with E-state index in [4.69, 9.17) is 4.84 Å². The highest BCUT2D eigenvalue weighted by molar-refractivity contribution is 6.00. The second kappa shape index (κ2) is 5.34. The van der Waals surface area contributed by atoms with E-state index in [-0.39, 0.29) is 5.78 Å². The molecule has 0 amide bonds. The minimum Gasteiger partial charge on any atom is -0.289 e. The van der Waals surface area contributed by atoms with E-state index >= 15 is 0 Å². The summed E-state index contributed by atoms with van der Waals surface area (Å²) >= 11 is 0. The molecule has 2 aromatic carbocycles. The molecule has 2 aromatic rings. The Hall–Kier alpha value is -1.97. The summed E-state index contributed by atoms with van der Waals surface area (Å²) in [7, 11) is 0. The normalized spacial score (nSPS) is 21.1. The second-order valence-electron chi connectivity index (χ2n) is 4.56. The van der Waals surface area contributed by atoms with Crippen molar-refractivity contribution in [3.05, 3.63) is 71.8 Å². The average Bonchev–Trinajstić information content (AvgIpc) is 3.26. The van der Waals surface area contributed by atoms with Crippen LogP contribution in [0.2, 0.25) is 0 Å². The Morgan fingerprint density at radius 1 is 1.00 bits per heavy atom. The topological polar surface area (TPSA) is 32.6 Å². The molecule has 1 fully saturated rings. The molecule has 1 aliphatic rings. The molecule has 3 heteroatoms. The van der Waals surface area contributed by atoms with Crippen molar-refractivity contribution in [1.82, 2.24) is 5.06 Å². The van der Waals surface area contributed by atoms with E-state index in [1.807, 2.05) is 48.5 Å². The van der Waals surface area contributed by atoms with Crippen LogP contribution in [0.25, 0.3) is 0 Å². The Morgan fingerprint density at radius 3 is 2.32 bits per heavy atom. The SMILES string of the molecule is O=C(c1ccccc1)C1ON1CCc1ccccc1. The van der Waals surface area contributed by atoms with Gasteiger partial charge in [-0.3, -0.25) is 9.63 Å². The number of hydrogen-bond donors (Lipinski definition) is 0. The zero-order chi connectivity index (χ0) is 13.1. The van der Waals surface area contributed by atoms with E-state index < -0.39 is 6.23 Å². The molecule has 96 valence electrons. The molecule has 0 aliphatic carbocycles. The van der Waals surface area contributed by atoms with Crippen LogP contribution in [0.5, 0.6) is 0 Å². The first-order valence-electron chi connectivity index (χ1n) is 6.41. The zero-order valence-electron chi connectivity index (χ0n) is 10.5. The van der Waals surface area contributed by atoms with Gasteiger partial charge < -0.3 is 0 Å². The van der Waals surface area contributed by atoms with Gasteiger partial charge in [-0.15, -0.1) is 5.06 Å². The van der Waals surface area contributed by atoms with Crippen molar-refractivity contribution in [1.29, 1.82) is 0 Å². The fourth-order valence-corrected chi connectivity index (χ4v) is 2.08. The summed E-state index contributed by atoms with van der Waals surface area (Å²) in [5, 5.41) is 1.74. The van der Waals surface area contributed by atoms with Gasteiger partial charge in [-0.05, 0) is 12.0 Å². The van der Waals surface area contributed by atoms with E-state index in [9.17, 15) is 4.79 Å². The average molecular weight is 253 g/mol. The maximum absolute atomic E-state index is 12.1. The van der Waals surface area contributed by atoms with Gasteiger partial charge in [0.2, 0.25) is 12.0 Å². The summed E-state index contributed by atoms with van der Waals surface area (Å²) < 4.78 is 0. The van der Waals surface area contributed by atoms with Gasteiger partial charge in [0, 0.05) is 12.1 Å². The summed E-state index contributed by atoms with van der Waals surface area (Å²) in [4.78, 5) is 17.4. The minimum absolute atomic E-state index is 0.0358. The first kappa shape index (κ1) is 12.1. The Morgan fingerprint density at radius 2 is 1.63 bits per heavy atom. The highest BCUT2D eigenvalue weighted by atomic mass is 16.8. The third-order valence-corrected chi connectivity index (χ3v) is 3.20. The molecule has 3 rings (SSSR count). The second-order valence-corrected chi connectivity index (χ2v) is 4.56. The molecule has 0 bridgehead atoms. The van der Waals surface area contributed by atoms with Crippen LogP contribution in [0, 0.1) is 0 Å². The molecule has 0 aromatic heterocycles. The number of rotatable bonds is 5. The number of carbonyl (C=O) groups excluding carboxylic acids is 1. The highest BCUT2D eigenvalue weighted by Crippen LogP contribution is 2.24. The van der Waals surface area contributed by atoms with Crippen LogP contribution < -0.4 is 0 Å². The minimum atomic E-state index is -0.397. The van der Waals surface area contributed by atoms with Crippen LogP contribution in [0.3, 0.4) is 0 Å². The van der Waals surface area contributed by atoms with Crippen LogP contribution in [0.15, 0.2) is 60.7 Å². The lowest BCUT2D eigenvalue weighted by Gasteiger charge is -2.00. The number of hydrogen-bond acceptors (Lipinski definition) is 3. The number of benzene rings is 2. The van der Waals surface area contributed by atoms with E-state index in [2.05, 4.69) is 12.1 Å². The van der Waals surface area contributed by atoms with Crippen molar-refractivity contribution in [2.75, 3.05) is 6.54 Å². The van der Waals surface area contributed by atoms with Crippen LogP contribution >= 0.6 is 0 Å². The van der Waals surface area contributed by atoms with Gasteiger partial charge in [-0.2, -0.15) is 0 Å². The Labute approximate surface area is 112 Å². The highest BCUT2D eigenvalue weighted by Gasteiger charge is 2.42. The lowest BCUT2D eigenvalue weighted by atomic mass is 10.1. The van der Waals surface area contributed by atoms with Gasteiger partial charge >= 0.3 is 0 Å². The summed E-state index contributed by atoms with van der Waals surface area (Å²) in [5.41, 5.74) is 1.96. The van der Waals surface area contributed by atoms with E-state index in [0.717, 1.165) is 13.0 Å². The van der Waals surface area contributed by atoms with Gasteiger partial charge in [0.1, 0.15) is 0 Å². The molecule has 19 heavy (non-hydrogen) atoms. The monoisotopic (exact) mass is 253 g/mol. The van der Waals surface area contributed by atoms with Crippen molar-refractivity contribution in [2.24, 2.45) is 0 Å². The van der Waals surface area contributed by atoms with Gasteiger partial charge in [0.05, 0.1) is 0 Å². The number of ketones is 1. The van der Waals surface area contributed by atoms with Crippen molar-refractivity contribution in [3.8, 4) is 0 Å². The Kier molecular flexibility index (Phi) is 3.40. The van der Waals surface area contributed by atoms with Gasteiger partial charge in [0.25, 0.3) is 0 Å². The predicted molar refractivity (Wildman–Crippen MR) is 72.5 cm³/mol. The van der Waals surface area contributed by atoms with Crippen molar-refractivity contribution < 1.29 is 9.63 Å². The van der Waals surface area contributed by atoms with Crippen LogP contribution in [0.1, 0.15) is 15.9 Å². The number of Topliss-reactive ketones (excluding diaryl/α,β-unsaturated/α-hetero) is 1. The largest absolute Gasteiger partial charge is 0.289 e. The summed E-state index contributed by atoms with van der Waals surface area (Å²) in [5.74, 6) is 0.0358. The molecule has 0 spiro atoms. The van der Waals surface area contributed by atoms with Crippen molar-refractivity contribution in [3.63, 3.8) is 0 Å².